The van der Waals surface area contributed by atoms with Crippen molar-refractivity contribution in [3.05, 3.63) is 95.6 Å². The van der Waals surface area contributed by atoms with Crippen LogP contribution in [0.25, 0.3) is 11.1 Å². The maximum absolute atomic E-state index is 12.8. The van der Waals surface area contributed by atoms with Crippen LogP contribution in [0.1, 0.15) is 28.5 Å². The molecule has 7 heteroatoms. The first-order valence-corrected chi connectivity index (χ1v) is 10.4. The Bertz CT molecular complexity index is 1080. The molecule has 0 aliphatic heterocycles. The van der Waals surface area contributed by atoms with Gasteiger partial charge in [0.25, 0.3) is 0 Å². The summed E-state index contributed by atoms with van der Waals surface area (Å²) in [6.07, 6.45) is 0. The van der Waals surface area contributed by atoms with E-state index in [1.807, 2.05) is 48.5 Å². The van der Waals surface area contributed by atoms with Gasteiger partial charge in [-0.1, -0.05) is 78.9 Å². The molecule has 0 amide bonds. The van der Waals surface area contributed by atoms with Crippen molar-refractivity contribution < 1.29 is 25.8 Å². The fourth-order valence-corrected chi connectivity index (χ4v) is 4.40. The van der Waals surface area contributed by atoms with Crippen molar-refractivity contribution in [1.29, 1.82) is 0 Å². The Labute approximate surface area is 166 Å². The van der Waals surface area contributed by atoms with E-state index in [1.54, 1.807) is 30.3 Å². The summed E-state index contributed by atoms with van der Waals surface area (Å²) >= 11 is 0. The standard InChI is InChI=1S/C22H17F3O3S/c23-22(24,25)29(26,27)28-14-20(15-8-2-1-3-9-15)21-18-12-6-4-10-16(18)17-11-5-7-13-19(17)21/h1-13,20-21H,14H2/t20-/m0/s1. The molecule has 0 heterocycles. The second-order valence-electron chi connectivity index (χ2n) is 6.85. The van der Waals surface area contributed by atoms with Gasteiger partial charge in [0.15, 0.2) is 0 Å². The Morgan fingerprint density at radius 2 is 1.28 bits per heavy atom. The van der Waals surface area contributed by atoms with Crippen molar-refractivity contribution in [2.75, 3.05) is 6.61 Å². The normalized spacial score (nSPS) is 15.0. The van der Waals surface area contributed by atoms with Crippen LogP contribution in [0, 0.1) is 0 Å². The number of alkyl halides is 3. The number of hydrogen-bond donors (Lipinski definition) is 0. The van der Waals surface area contributed by atoms with Crippen LogP contribution < -0.4 is 0 Å². The van der Waals surface area contributed by atoms with Gasteiger partial charge in [-0.05, 0) is 27.8 Å². The van der Waals surface area contributed by atoms with Crippen molar-refractivity contribution in [2.24, 2.45) is 0 Å². The van der Waals surface area contributed by atoms with Crippen LogP contribution in [0.4, 0.5) is 13.2 Å². The van der Waals surface area contributed by atoms with Gasteiger partial charge in [0.05, 0.1) is 6.61 Å². The predicted molar refractivity (Wildman–Crippen MR) is 104 cm³/mol. The van der Waals surface area contributed by atoms with Gasteiger partial charge >= 0.3 is 15.6 Å². The summed E-state index contributed by atoms with van der Waals surface area (Å²) in [5.74, 6) is -0.939. The lowest BCUT2D eigenvalue weighted by Crippen LogP contribution is -2.28. The minimum Gasteiger partial charge on any atom is -0.262 e. The van der Waals surface area contributed by atoms with Crippen molar-refractivity contribution in [3.63, 3.8) is 0 Å². The highest BCUT2D eigenvalue weighted by Crippen LogP contribution is 2.51. The number of benzene rings is 3. The Morgan fingerprint density at radius 3 is 1.79 bits per heavy atom. The van der Waals surface area contributed by atoms with E-state index in [9.17, 15) is 21.6 Å². The Balaban J connectivity index is 1.80. The third kappa shape index (κ3) is 3.56. The summed E-state index contributed by atoms with van der Waals surface area (Å²) in [5.41, 5.74) is -0.882. The van der Waals surface area contributed by atoms with Gasteiger partial charge in [-0.2, -0.15) is 21.6 Å². The SMILES string of the molecule is O=S(=O)(OC[C@@H](c1ccccc1)C1c2ccccc2-c2ccccc21)C(F)(F)F. The minimum absolute atomic E-state index is 0.326. The van der Waals surface area contributed by atoms with Crippen LogP contribution >= 0.6 is 0 Å². The summed E-state index contributed by atoms with van der Waals surface area (Å²) in [6, 6.07) is 24.2. The zero-order valence-corrected chi connectivity index (χ0v) is 16.0. The molecule has 4 rings (SSSR count). The van der Waals surface area contributed by atoms with Gasteiger partial charge in [0, 0.05) is 11.8 Å². The topological polar surface area (TPSA) is 43.4 Å². The molecule has 29 heavy (non-hydrogen) atoms. The lowest BCUT2D eigenvalue weighted by Gasteiger charge is -2.26. The summed E-state index contributed by atoms with van der Waals surface area (Å²) in [5, 5.41) is 0. The zero-order valence-electron chi connectivity index (χ0n) is 15.1. The van der Waals surface area contributed by atoms with Gasteiger partial charge in [0.2, 0.25) is 0 Å². The molecule has 1 aliphatic carbocycles. The molecule has 1 atom stereocenters. The molecule has 0 N–H and O–H groups in total. The van der Waals surface area contributed by atoms with E-state index in [-0.39, 0.29) is 5.92 Å². The maximum Gasteiger partial charge on any atom is 0.523 e. The van der Waals surface area contributed by atoms with Crippen LogP contribution in [-0.4, -0.2) is 20.5 Å². The number of halogens is 3. The third-order valence-electron chi connectivity index (χ3n) is 5.20. The smallest absolute Gasteiger partial charge is 0.262 e. The molecule has 0 radical (unpaired) electrons. The van der Waals surface area contributed by atoms with Crippen LogP contribution in [0.2, 0.25) is 0 Å². The van der Waals surface area contributed by atoms with Crippen molar-refractivity contribution in [3.8, 4) is 11.1 Å². The Kier molecular flexibility index (Phi) is 4.96. The number of rotatable bonds is 5. The lowest BCUT2D eigenvalue weighted by atomic mass is 9.80. The molecule has 1 aliphatic rings. The maximum atomic E-state index is 12.8. The lowest BCUT2D eigenvalue weighted by molar-refractivity contribution is -0.0546. The third-order valence-corrected chi connectivity index (χ3v) is 6.21. The van der Waals surface area contributed by atoms with E-state index >= 15 is 0 Å². The molecule has 3 aromatic carbocycles. The van der Waals surface area contributed by atoms with Gasteiger partial charge < -0.3 is 0 Å². The average Bonchev–Trinajstić information content (AvgIpc) is 3.03. The van der Waals surface area contributed by atoms with Gasteiger partial charge in [-0.3, -0.25) is 4.18 Å². The Morgan fingerprint density at radius 1 is 0.793 bits per heavy atom. The van der Waals surface area contributed by atoms with E-state index in [1.165, 1.54) is 0 Å². The largest absolute Gasteiger partial charge is 0.523 e. The first-order chi connectivity index (χ1) is 13.8. The van der Waals surface area contributed by atoms with Gasteiger partial charge in [0.1, 0.15) is 0 Å². The first-order valence-electron chi connectivity index (χ1n) is 8.98. The molecule has 0 spiro atoms. The highest BCUT2D eigenvalue weighted by atomic mass is 32.2. The molecular formula is C22H17F3O3S. The zero-order chi connectivity index (χ0) is 20.6. The number of fused-ring (bicyclic) bond motifs is 3. The van der Waals surface area contributed by atoms with E-state index in [4.69, 9.17) is 0 Å². The minimum atomic E-state index is -5.69. The Hall–Kier alpha value is -2.64. The van der Waals surface area contributed by atoms with Crippen LogP contribution in [0.5, 0.6) is 0 Å². The van der Waals surface area contributed by atoms with Crippen molar-refractivity contribution in [1.82, 2.24) is 0 Å². The van der Waals surface area contributed by atoms with E-state index in [0.717, 1.165) is 22.3 Å². The summed E-state index contributed by atoms with van der Waals surface area (Å²) in [6.45, 7) is -0.612. The first kappa shape index (κ1) is 19.7. The van der Waals surface area contributed by atoms with Crippen molar-refractivity contribution in [2.45, 2.75) is 17.3 Å². The second kappa shape index (κ2) is 7.31. The highest BCUT2D eigenvalue weighted by Gasteiger charge is 2.48. The fraction of sp³-hybridized carbons (Fsp3) is 0.182. The van der Waals surface area contributed by atoms with Crippen LogP contribution in [0.3, 0.4) is 0 Å². The molecule has 3 aromatic rings. The monoisotopic (exact) mass is 418 g/mol. The second-order valence-corrected chi connectivity index (χ2v) is 8.46. The van der Waals surface area contributed by atoms with Crippen LogP contribution in [-0.2, 0) is 14.3 Å². The molecule has 3 nitrogen and oxygen atoms in total. The molecule has 0 saturated carbocycles. The van der Waals surface area contributed by atoms with E-state index < -0.39 is 28.2 Å². The van der Waals surface area contributed by atoms with E-state index in [2.05, 4.69) is 4.18 Å². The van der Waals surface area contributed by atoms with E-state index in [0.29, 0.717) is 5.56 Å². The fourth-order valence-electron chi connectivity index (χ4n) is 3.94. The molecule has 150 valence electrons. The van der Waals surface area contributed by atoms with Gasteiger partial charge in [-0.25, -0.2) is 0 Å². The molecule has 0 bridgehead atoms. The quantitative estimate of drug-likeness (QED) is 0.409. The highest BCUT2D eigenvalue weighted by molar-refractivity contribution is 7.87. The summed E-state index contributed by atoms with van der Waals surface area (Å²) in [4.78, 5) is 0. The summed E-state index contributed by atoms with van der Waals surface area (Å²) in [7, 11) is -5.69. The molecule has 0 unspecified atom stereocenters. The predicted octanol–water partition coefficient (Wildman–Crippen LogP) is 5.45. The molecule has 0 saturated heterocycles. The summed E-state index contributed by atoms with van der Waals surface area (Å²) < 4.78 is 66.1. The molecule has 0 fully saturated rings. The van der Waals surface area contributed by atoms with Crippen LogP contribution in [0.15, 0.2) is 78.9 Å². The average molecular weight is 418 g/mol. The molecule has 0 aromatic heterocycles. The van der Waals surface area contributed by atoms with Gasteiger partial charge in [-0.15, -0.1) is 0 Å². The van der Waals surface area contributed by atoms with Crippen molar-refractivity contribution >= 4 is 10.1 Å². The number of hydrogen-bond acceptors (Lipinski definition) is 3. The molecular weight excluding hydrogens is 401 g/mol.